The molecule has 0 saturated carbocycles. The largest absolute Gasteiger partial charge is 0.496 e. The van der Waals surface area contributed by atoms with E-state index in [0.717, 1.165) is 11.3 Å². The summed E-state index contributed by atoms with van der Waals surface area (Å²) in [6.07, 6.45) is 1.76. The summed E-state index contributed by atoms with van der Waals surface area (Å²) in [5, 5.41) is 6.85. The highest BCUT2D eigenvalue weighted by Crippen LogP contribution is 2.33. The topological polar surface area (TPSA) is 69.0 Å². The van der Waals surface area contributed by atoms with Crippen molar-refractivity contribution < 1.29 is 9.53 Å². The third kappa shape index (κ3) is 1.62. The van der Waals surface area contributed by atoms with E-state index in [0.29, 0.717) is 12.4 Å². The molecule has 2 heterocycles. The fraction of sp³-hybridized carbons (Fsp3) is 0.250. The second-order valence-corrected chi connectivity index (χ2v) is 4.04. The Bertz CT molecular complexity index is 593. The van der Waals surface area contributed by atoms with E-state index in [1.54, 1.807) is 11.8 Å². The summed E-state index contributed by atoms with van der Waals surface area (Å²) < 4.78 is 7.04. The first kappa shape index (κ1) is 10.8. The van der Waals surface area contributed by atoms with Gasteiger partial charge < -0.3 is 4.74 Å². The highest BCUT2D eigenvalue weighted by Gasteiger charge is 2.29. The van der Waals surface area contributed by atoms with Crippen LogP contribution in [0, 0.1) is 0 Å². The van der Waals surface area contributed by atoms with E-state index in [2.05, 4.69) is 15.4 Å². The molecule has 1 amide bonds. The third-order valence-corrected chi connectivity index (χ3v) is 3.00. The molecule has 0 fully saturated rings. The van der Waals surface area contributed by atoms with Crippen molar-refractivity contribution in [3.63, 3.8) is 0 Å². The number of carbonyl (C=O) groups excluding carboxylic acids is 1. The summed E-state index contributed by atoms with van der Waals surface area (Å²) in [6, 6.07) is 7.45. The SMILES string of the molecule is COc1ccccc1[C@H]1CC(=O)Nc2ncnn21. The molecule has 0 bridgehead atoms. The molecule has 1 N–H and O–H groups in total. The van der Waals surface area contributed by atoms with Gasteiger partial charge in [0.05, 0.1) is 19.6 Å². The fourth-order valence-corrected chi connectivity index (χ4v) is 2.19. The van der Waals surface area contributed by atoms with Gasteiger partial charge in [-0.05, 0) is 6.07 Å². The highest BCUT2D eigenvalue weighted by molar-refractivity contribution is 5.91. The Morgan fingerprint density at radius 3 is 3.11 bits per heavy atom. The number of anilines is 1. The molecule has 0 saturated heterocycles. The van der Waals surface area contributed by atoms with Gasteiger partial charge in [0.25, 0.3) is 0 Å². The summed E-state index contributed by atoms with van der Waals surface area (Å²) in [7, 11) is 1.62. The molecule has 0 spiro atoms. The summed E-state index contributed by atoms with van der Waals surface area (Å²) in [4.78, 5) is 15.7. The zero-order valence-electron chi connectivity index (χ0n) is 9.83. The van der Waals surface area contributed by atoms with Crippen molar-refractivity contribution in [2.45, 2.75) is 12.5 Å². The monoisotopic (exact) mass is 244 g/mol. The van der Waals surface area contributed by atoms with E-state index in [9.17, 15) is 4.79 Å². The summed E-state index contributed by atoms with van der Waals surface area (Å²) >= 11 is 0. The third-order valence-electron chi connectivity index (χ3n) is 3.00. The molecular weight excluding hydrogens is 232 g/mol. The van der Waals surface area contributed by atoms with Crippen molar-refractivity contribution in [2.24, 2.45) is 0 Å². The summed E-state index contributed by atoms with van der Waals surface area (Å²) in [5.74, 6) is 1.16. The number of carbonyl (C=O) groups is 1. The van der Waals surface area contributed by atoms with Crippen molar-refractivity contribution in [2.75, 3.05) is 12.4 Å². The molecule has 3 rings (SSSR count). The van der Waals surface area contributed by atoms with E-state index in [4.69, 9.17) is 4.74 Å². The second-order valence-electron chi connectivity index (χ2n) is 4.04. The maximum atomic E-state index is 11.7. The molecule has 0 aliphatic carbocycles. The number of nitrogens with zero attached hydrogens (tertiary/aromatic N) is 3. The Hall–Kier alpha value is -2.37. The Morgan fingerprint density at radius 1 is 1.44 bits per heavy atom. The molecule has 6 heteroatoms. The van der Waals surface area contributed by atoms with Crippen molar-refractivity contribution in [3.05, 3.63) is 36.2 Å². The summed E-state index contributed by atoms with van der Waals surface area (Å²) in [5.41, 5.74) is 0.932. The Labute approximate surface area is 104 Å². The minimum Gasteiger partial charge on any atom is -0.496 e. The zero-order valence-corrected chi connectivity index (χ0v) is 9.83. The first-order valence-electron chi connectivity index (χ1n) is 5.62. The minimum atomic E-state index is -0.174. The van der Waals surface area contributed by atoms with Crippen LogP contribution in [0.15, 0.2) is 30.6 Å². The molecule has 92 valence electrons. The van der Waals surface area contributed by atoms with Crippen molar-refractivity contribution in [1.82, 2.24) is 14.8 Å². The first-order valence-corrected chi connectivity index (χ1v) is 5.62. The molecule has 0 unspecified atom stereocenters. The van der Waals surface area contributed by atoms with Crippen molar-refractivity contribution in [1.29, 1.82) is 0 Å². The lowest BCUT2D eigenvalue weighted by atomic mass is 10.0. The smallest absolute Gasteiger partial charge is 0.229 e. The van der Waals surface area contributed by atoms with Crippen LogP contribution >= 0.6 is 0 Å². The number of aromatic nitrogens is 3. The first-order chi connectivity index (χ1) is 8.79. The number of hydrogen-bond donors (Lipinski definition) is 1. The van der Waals surface area contributed by atoms with Gasteiger partial charge in [-0.2, -0.15) is 10.1 Å². The lowest BCUT2D eigenvalue weighted by Crippen LogP contribution is -2.29. The molecule has 1 aliphatic heterocycles. The lowest BCUT2D eigenvalue weighted by Gasteiger charge is -2.24. The van der Waals surface area contributed by atoms with Gasteiger partial charge >= 0.3 is 0 Å². The van der Waals surface area contributed by atoms with Crippen molar-refractivity contribution >= 4 is 11.9 Å². The number of methoxy groups -OCH3 is 1. The van der Waals surface area contributed by atoms with Crippen LogP contribution in [0.3, 0.4) is 0 Å². The standard InChI is InChI=1S/C12H12N4O2/c1-18-10-5-3-2-4-8(10)9-6-11(17)15-12-13-7-14-16(9)12/h2-5,7,9H,6H2,1H3,(H,13,14,15,17)/t9-/m1/s1. The number of para-hydroxylation sites is 1. The fourth-order valence-electron chi connectivity index (χ4n) is 2.19. The predicted octanol–water partition coefficient (Wildman–Crippen LogP) is 1.22. The van der Waals surface area contributed by atoms with Gasteiger partial charge in [0.1, 0.15) is 12.1 Å². The van der Waals surface area contributed by atoms with E-state index < -0.39 is 0 Å². The maximum Gasteiger partial charge on any atom is 0.229 e. The molecular formula is C12H12N4O2. The molecule has 1 atom stereocenters. The zero-order chi connectivity index (χ0) is 12.5. The van der Waals surface area contributed by atoms with E-state index in [-0.39, 0.29) is 11.9 Å². The number of amides is 1. The number of fused-ring (bicyclic) bond motifs is 1. The minimum absolute atomic E-state index is 0.0635. The van der Waals surface area contributed by atoms with Crippen LogP contribution in [0.4, 0.5) is 5.95 Å². The number of rotatable bonds is 2. The van der Waals surface area contributed by atoms with Crippen LogP contribution < -0.4 is 10.1 Å². The molecule has 1 aromatic carbocycles. The number of nitrogens with one attached hydrogen (secondary N) is 1. The summed E-state index contributed by atoms with van der Waals surface area (Å²) in [6.45, 7) is 0. The molecule has 18 heavy (non-hydrogen) atoms. The maximum absolute atomic E-state index is 11.7. The second kappa shape index (κ2) is 4.14. The molecule has 2 aromatic rings. The van der Waals surface area contributed by atoms with Crippen LogP contribution in [0.25, 0.3) is 0 Å². The normalized spacial score (nSPS) is 18.1. The van der Waals surface area contributed by atoms with Crippen LogP contribution in [-0.4, -0.2) is 27.8 Å². The van der Waals surface area contributed by atoms with E-state index >= 15 is 0 Å². The Kier molecular flexibility index (Phi) is 2.47. The molecule has 6 nitrogen and oxygen atoms in total. The Balaban J connectivity index is 2.10. The lowest BCUT2D eigenvalue weighted by molar-refractivity contribution is -0.117. The van der Waals surface area contributed by atoms with Gasteiger partial charge in [0.2, 0.25) is 11.9 Å². The average Bonchev–Trinajstić information content (AvgIpc) is 2.85. The van der Waals surface area contributed by atoms with Gasteiger partial charge in [0, 0.05) is 5.56 Å². The highest BCUT2D eigenvalue weighted by atomic mass is 16.5. The quantitative estimate of drug-likeness (QED) is 0.862. The van der Waals surface area contributed by atoms with Crippen molar-refractivity contribution in [3.8, 4) is 5.75 Å². The van der Waals surface area contributed by atoms with Crippen LogP contribution in [0.1, 0.15) is 18.0 Å². The molecule has 0 radical (unpaired) electrons. The average molecular weight is 244 g/mol. The number of hydrogen-bond acceptors (Lipinski definition) is 4. The van der Waals surface area contributed by atoms with E-state index in [1.807, 2.05) is 24.3 Å². The van der Waals surface area contributed by atoms with Crippen LogP contribution in [0.2, 0.25) is 0 Å². The van der Waals surface area contributed by atoms with E-state index in [1.165, 1.54) is 6.33 Å². The van der Waals surface area contributed by atoms with Crippen LogP contribution in [-0.2, 0) is 4.79 Å². The molecule has 1 aromatic heterocycles. The van der Waals surface area contributed by atoms with Gasteiger partial charge in [-0.25, -0.2) is 4.68 Å². The molecule has 1 aliphatic rings. The van der Waals surface area contributed by atoms with Gasteiger partial charge in [-0.3, -0.25) is 10.1 Å². The van der Waals surface area contributed by atoms with Gasteiger partial charge in [-0.1, -0.05) is 18.2 Å². The predicted molar refractivity (Wildman–Crippen MR) is 64.4 cm³/mol. The Morgan fingerprint density at radius 2 is 2.28 bits per heavy atom. The van der Waals surface area contributed by atoms with Crippen LogP contribution in [0.5, 0.6) is 5.75 Å². The van der Waals surface area contributed by atoms with Gasteiger partial charge in [0.15, 0.2) is 0 Å². The number of ether oxygens (including phenoxy) is 1. The number of benzene rings is 1. The van der Waals surface area contributed by atoms with Gasteiger partial charge in [-0.15, -0.1) is 0 Å².